The summed E-state index contributed by atoms with van der Waals surface area (Å²) in [5.74, 6) is -2.95. The Balaban J connectivity index is 2.37. The Labute approximate surface area is 112 Å². The topological polar surface area (TPSA) is 57.6 Å². The number of hydrogen-bond acceptors (Lipinski definition) is 3. The molecule has 1 aromatic carbocycles. The average molecular weight is 287 g/mol. The van der Waals surface area contributed by atoms with E-state index in [-0.39, 0.29) is 17.2 Å². The first-order chi connectivity index (χ1) is 8.91. The molecule has 0 bridgehead atoms. The number of carboxylic acids is 1. The van der Waals surface area contributed by atoms with Crippen molar-refractivity contribution in [2.24, 2.45) is 0 Å². The summed E-state index contributed by atoms with van der Waals surface area (Å²) in [6.07, 6.45) is 0. The van der Waals surface area contributed by atoms with Crippen molar-refractivity contribution >= 4 is 23.6 Å². The average Bonchev–Trinajstić information content (AvgIpc) is 2.70. The van der Waals surface area contributed by atoms with Gasteiger partial charge in [0.2, 0.25) is 5.91 Å². The highest BCUT2D eigenvalue weighted by Crippen LogP contribution is 2.41. The van der Waals surface area contributed by atoms with E-state index in [4.69, 9.17) is 5.11 Å². The van der Waals surface area contributed by atoms with Crippen molar-refractivity contribution in [2.45, 2.75) is 18.3 Å². The summed E-state index contributed by atoms with van der Waals surface area (Å²) in [5.41, 5.74) is 0.116. The summed E-state index contributed by atoms with van der Waals surface area (Å²) in [5, 5.41) is 8.24. The maximum Gasteiger partial charge on any atom is 0.326 e. The van der Waals surface area contributed by atoms with Crippen LogP contribution in [0.4, 0.5) is 8.78 Å². The third-order valence-electron chi connectivity index (χ3n) is 2.91. The molecule has 0 spiro atoms. The number of thioether (sulfide) groups is 1. The molecule has 1 amide bonds. The van der Waals surface area contributed by atoms with Crippen molar-refractivity contribution in [2.75, 3.05) is 5.75 Å². The third kappa shape index (κ3) is 2.56. The van der Waals surface area contributed by atoms with Gasteiger partial charge in [-0.1, -0.05) is 6.07 Å². The lowest BCUT2D eigenvalue weighted by Gasteiger charge is -2.27. The Morgan fingerprint density at radius 3 is 2.79 bits per heavy atom. The minimum absolute atomic E-state index is 0.0824. The molecular weight excluding hydrogens is 276 g/mol. The number of hydrogen-bond donors (Lipinski definition) is 1. The Hall–Kier alpha value is -1.63. The van der Waals surface area contributed by atoms with Gasteiger partial charge in [-0.25, -0.2) is 13.6 Å². The number of carboxylic acid groups (broad SMARTS) is 1. The zero-order valence-electron chi connectivity index (χ0n) is 9.97. The van der Waals surface area contributed by atoms with Gasteiger partial charge >= 0.3 is 5.97 Å². The van der Waals surface area contributed by atoms with Gasteiger partial charge in [-0.15, -0.1) is 11.8 Å². The smallest absolute Gasteiger partial charge is 0.326 e. The maximum absolute atomic E-state index is 13.7. The fourth-order valence-electron chi connectivity index (χ4n) is 1.92. The van der Waals surface area contributed by atoms with E-state index in [2.05, 4.69) is 0 Å². The van der Waals surface area contributed by atoms with Crippen LogP contribution in [-0.2, 0) is 9.59 Å². The molecule has 2 atom stereocenters. The molecule has 0 aromatic heterocycles. The Morgan fingerprint density at radius 1 is 1.53 bits per heavy atom. The van der Waals surface area contributed by atoms with Gasteiger partial charge < -0.3 is 10.0 Å². The van der Waals surface area contributed by atoms with Gasteiger partial charge in [0.05, 0.1) is 5.75 Å². The number of carbonyl (C=O) groups excluding carboxylic acids is 1. The van der Waals surface area contributed by atoms with E-state index in [1.807, 2.05) is 0 Å². The van der Waals surface area contributed by atoms with Crippen molar-refractivity contribution in [3.05, 3.63) is 35.4 Å². The zero-order valence-corrected chi connectivity index (χ0v) is 10.8. The molecule has 1 heterocycles. The van der Waals surface area contributed by atoms with E-state index < -0.39 is 29.0 Å². The molecule has 0 saturated carbocycles. The first-order valence-electron chi connectivity index (χ1n) is 5.52. The lowest BCUT2D eigenvalue weighted by Crippen LogP contribution is -2.41. The van der Waals surface area contributed by atoms with E-state index in [1.54, 1.807) is 0 Å². The van der Waals surface area contributed by atoms with Gasteiger partial charge in [-0.3, -0.25) is 4.79 Å². The first kappa shape index (κ1) is 13.8. The van der Waals surface area contributed by atoms with Crippen LogP contribution in [0.3, 0.4) is 0 Å². The van der Waals surface area contributed by atoms with Gasteiger partial charge in [0.15, 0.2) is 0 Å². The maximum atomic E-state index is 13.7. The summed E-state index contributed by atoms with van der Waals surface area (Å²) >= 11 is 1.13. The highest BCUT2D eigenvalue weighted by molar-refractivity contribution is 8.00. The van der Waals surface area contributed by atoms with Crippen molar-refractivity contribution in [3.63, 3.8) is 0 Å². The second kappa shape index (κ2) is 5.16. The van der Waals surface area contributed by atoms with Gasteiger partial charge in [0.1, 0.15) is 23.1 Å². The van der Waals surface area contributed by atoms with Crippen molar-refractivity contribution in [3.8, 4) is 0 Å². The highest BCUT2D eigenvalue weighted by atomic mass is 32.2. The van der Waals surface area contributed by atoms with E-state index in [1.165, 1.54) is 13.0 Å². The molecule has 19 heavy (non-hydrogen) atoms. The van der Waals surface area contributed by atoms with E-state index >= 15 is 0 Å². The molecule has 4 nitrogen and oxygen atoms in total. The molecule has 1 N–H and O–H groups in total. The lowest BCUT2D eigenvalue weighted by atomic mass is 10.1. The molecule has 0 aliphatic carbocycles. The van der Waals surface area contributed by atoms with Crippen LogP contribution in [0.5, 0.6) is 0 Å². The largest absolute Gasteiger partial charge is 0.480 e. The second-order valence-corrected chi connectivity index (χ2v) is 5.21. The van der Waals surface area contributed by atoms with Crippen LogP contribution < -0.4 is 0 Å². The van der Waals surface area contributed by atoms with Gasteiger partial charge in [-0.2, -0.15) is 0 Å². The van der Waals surface area contributed by atoms with Crippen molar-refractivity contribution in [1.29, 1.82) is 0 Å². The SMILES string of the molecule is CC(C(=O)O)N1C(=O)CSC1c1ccc(F)cc1F. The predicted octanol–water partition coefficient (Wildman–Crippen LogP) is 2.01. The molecule has 2 rings (SSSR count). The normalized spacial score (nSPS) is 20.7. The molecule has 1 aliphatic heterocycles. The standard InChI is InChI=1S/C12H11F2NO3S/c1-6(12(17)18)15-10(16)5-19-11(15)8-3-2-7(13)4-9(8)14/h2-4,6,11H,5H2,1H3,(H,17,18). The van der Waals surface area contributed by atoms with Crippen LogP contribution in [0.1, 0.15) is 17.9 Å². The minimum atomic E-state index is -1.16. The lowest BCUT2D eigenvalue weighted by molar-refractivity contribution is -0.148. The number of halogens is 2. The zero-order chi connectivity index (χ0) is 14.2. The van der Waals surface area contributed by atoms with E-state index in [0.29, 0.717) is 0 Å². The van der Waals surface area contributed by atoms with Crippen molar-refractivity contribution < 1.29 is 23.5 Å². The van der Waals surface area contributed by atoms with Crippen LogP contribution in [-0.4, -0.2) is 33.7 Å². The fourth-order valence-corrected chi connectivity index (χ4v) is 3.20. The van der Waals surface area contributed by atoms with Gasteiger partial charge in [0, 0.05) is 11.6 Å². The summed E-state index contributed by atoms with van der Waals surface area (Å²) in [7, 11) is 0. The van der Waals surface area contributed by atoms with E-state index in [0.717, 1.165) is 28.8 Å². The Bertz CT molecular complexity index is 538. The summed E-state index contributed by atoms with van der Waals surface area (Å²) in [4.78, 5) is 23.8. The molecule has 102 valence electrons. The van der Waals surface area contributed by atoms with Gasteiger partial charge in [-0.05, 0) is 13.0 Å². The fraction of sp³-hybridized carbons (Fsp3) is 0.333. The summed E-state index contributed by atoms with van der Waals surface area (Å²) in [6.45, 7) is 1.36. The Kier molecular flexibility index (Phi) is 3.75. The molecule has 1 aromatic rings. The Morgan fingerprint density at radius 2 is 2.21 bits per heavy atom. The second-order valence-electron chi connectivity index (χ2n) is 4.14. The number of benzene rings is 1. The van der Waals surface area contributed by atoms with Crippen LogP contribution in [0.15, 0.2) is 18.2 Å². The van der Waals surface area contributed by atoms with Crippen molar-refractivity contribution in [1.82, 2.24) is 4.90 Å². The molecular formula is C12H11F2NO3S. The molecule has 7 heteroatoms. The monoisotopic (exact) mass is 287 g/mol. The molecule has 2 unspecified atom stereocenters. The minimum Gasteiger partial charge on any atom is -0.480 e. The van der Waals surface area contributed by atoms with Crippen LogP contribution in [0.2, 0.25) is 0 Å². The summed E-state index contributed by atoms with van der Waals surface area (Å²) in [6, 6.07) is 1.99. The molecule has 1 fully saturated rings. The molecule has 1 aliphatic rings. The number of aliphatic carboxylic acids is 1. The highest BCUT2D eigenvalue weighted by Gasteiger charge is 2.39. The van der Waals surface area contributed by atoms with Gasteiger partial charge in [0.25, 0.3) is 0 Å². The quantitative estimate of drug-likeness (QED) is 0.924. The first-order valence-corrected chi connectivity index (χ1v) is 6.57. The predicted molar refractivity (Wildman–Crippen MR) is 65.5 cm³/mol. The third-order valence-corrected chi connectivity index (χ3v) is 4.12. The van der Waals surface area contributed by atoms with Crippen LogP contribution in [0.25, 0.3) is 0 Å². The van der Waals surface area contributed by atoms with Crippen LogP contribution >= 0.6 is 11.8 Å². The number of carbonyl (C=O) groups is 2. The van der Waals surface area contributed by atoms with E-state index in [9.17, 15) is 18.4 Å². The number of nitrogens with zero attached hydrogens (tertiary/aromatic N) is 1. The number of rotatable bonds is 3. The molecule has 0 radical (unpaired) electrons. The summed E-state index contributed by atoms with van der Waals surface area (Å²) < 4.78 is 26.6. The number of amides is 1. The molecule has 1 saturated heterocycles. The van der Waals surface area contributed by atoms with Crippen LogP contribution in [0, 0.1) is 11.6 Å².